The molecule has 1 aromatic carbocycles. The molecule has 4 heteroatoms. The SMILES string of the molecule is CCCCC(CC)n1cc(C(CCNCCCN)C2CCCCC2)c2cc(C#N)ccc21. The largest absolute Gasteiger partial charge is 0.344 e. The summed E-state index contributed by atoms with van der Waals surface area (Å²) < 4.78 is 2.55. The van der Waals surface area contributed by atoms with Crippen LogP contribution in [0.4, 0.5) is 0 Å². The van der Waals surface area contributed by atoms with Gasteiger partial charge in [0, 0.05) is 23.1 Å². The molecule has 2 aromatic rings. The fourth-order valence-electron chi connectivity index (χ4n) is 5.72. The van der Waals surface area contributed by atoms with E-state index in [4.69, 9.17) is 5.73 Å². The second-order valence-corrected chi connectivity index (χ2v) is 9.73. The number of nitrogens with one attached hydrogen (secondary N) is 1. The van der Waals surface area contributed by atoms with Crippen LogP contribution in [-0.2, 0) is 0 Å². The van der Waals surface area contributed by atoms with Crippen LogP contribution in [0, 0.1) is 17.2 Å². The van der Waals surface area contributed by atoms with Gasteiger partial charge >= 0.3 is 0 Å². The Bertz CT molecular complexity index is 856. The molecule has 2 unspecified atom stereocenters. The lowest BCUT2D eigenvalue weighted by atomic mass is 9.75. The van der Waals surface area contributed by atoms with Gasteiger partial charge < -0.3 is 15.6 Å². The number of nitriles is 1. The lowest BCUT2D eigenvalue weighted by molar-refractivity contribution is 0.292. The van der Waals surface area contributed by atoms with Crippen LogP contribution in [-0.4, -0.2) is 24.2 Å². The molecule has 1 fully saturated rings. The minimum atomic E-state index is 0.536. The number of nitrogens with two attached hydrogens (primary N) is 1. The Morgan fingerprint density at radius 2 is 1.94 bits per heavy atom. The van der Waals surface area contributed by atoms with Crippen molar-refractivity contribution < 1.29 is 0 Å². The summed E-state index contributed by atoms with van der Waals surface area (Å²) in [4.78, 5) is 0. The van der Waals surface area contributed by atoms with E-state index in [9.17, 15) is 5.26 Å². The van der Waals surface area contributed by atoms with Gasteiger partial charge in [0.2, 0.25) is 0 Å². The fraction of sp³-hybridized carbons (Fsp3) is 0.679. The van der Waals surface area contributed by atoms with E-state index in [2.05, 4.69) is 48.1 Å². The Hall–Kier alpha value is -1.83. The van der Waals surface area contributed by atoms with Gasteiger partial charge in [0.05, 0.1) is 11.6 Å². The van der Waals surface area contributed by atoms with E-state index in [1.807, 2.05) is 6.07 Å². The molecule has 2 atom stereocenters. The highest BCUT2D eigenvalue weighted by Crippen LogP contribution is 2.42. The number of rotatable bonds is 13. The zero-order chi connectivity index (χ0) is 22.8. The standard InChI is InChI=1S/C28H44N4/c1-3-5-12-24(4-2)32-21-27(26-19-22(20-30)13-14-28(26)32)25(15-18-31-17-9-16-29)23-10-7-6-8-11-23/h13-14,19,21,23-25,31H,3-12,15-18,29H2,1-2H3. The van der Waals surface area contributed by atoms with Gasteiger partial charge in [-0.05, 0) is 93.8 Å². The minimum absolute atomic E-state index is 0.536. The maximum Gasteiger partial charge on any atom is 0.0991 e. The van der Waals surface area contributed by atoms with Crippen LogP contribution in [0.2, 0.25) is 0 Å². The highest BCUT2D eigenvalue weighted by Gasteiger charge is 2.28. The van der Waals surface area contributed by atoms with E-state index >= 15 is 0 Å². The smallest absolute Gasteiger partial charge is 0.0991 e. The molecule has 4 nitrogen and oxygen atoms in total. The van der Waals surface area contributed by atoms with Gasteiger partial charge in [-0.3, -0.25) is 0 Å². The van der Waals surface area contributed by atoms with Gasteiger partial charge in [0.1, 0.15) is 0 Å². The minimum Gasteiger partial charge on any atom is -0.344 e. The maximum atomic E-state index is 9.60. The fourth-order valence-corrected chi connectivity index (χ4v) is 5.72. The van der Waals surface area contributed by atoms with Crippen LogP contribution in [0.3, 0.4) is 0 Å². The zero-order valence-electron chi connectivity index (χ0n) is 20.4. The van der Waals surface area contributed by atoms with Crippen LogP contribution in [0.25, 0.3) is 10.9 Å². The van der Waals surface area contributed by atoms with Gasteiger partial charge in [0.15, 0.2) is 0 Å². The van der Waals surface area contributed by atoms with Gasteiger partial charge in [-0.15, -0.1) is 0 Å². The molecule has 0 aliphatic heterocycles. The van der Waals surface area contributed by atoms with E-state index in [0.29, 0.717) is 12.0 Å². The third kappa shape index (κ3) is 6.15. The second kappa shape index (κ2) is 13.0. The third-order valence-corrected chi connectivity index (χ3v) is 7.56. The van der Waals surface area contributed by atoms with Gasteiger partial charge in [-0.1, -0.05) is 46.0 Å². The average molecular weight is 437 g/mol. The number of aromatic nitrogens is 1. The van der Waals surface area contributed by atoms with Crippen LogP contribution < -0.4 is 11.1 Å². The van der Waals surface area contributed by atoms with Crippen molar-refractivity contribution in [3.8, 4) is 6.07 Å². The van der Waals surface area contributed by atoms with Crippen LogP contribution in [0.15, 0.2) is 24.4 Å². The molecule has 1 aromatic heterocycles. The molecule has 3 rings (SSSR count). The van der Waals surface area contributed by atoms with E-state index in [1.165, 1.54) is 67.8 Å². The Labute approximate surface area is 195 Å². The van der Waals surface area contributed by atoms with Crippen molar-refractivity contribution in [1.82, 2.24) is 9.88 Å². The van der Waals surface area contributed by atoms with Crippen LogP contribution in [0.1, 0.15) is 108 Å². The second-order valence-electron chi connectivity index (χ2n) is 9.73. The Kier molecular flexibility index (Phi) is 10.1. The van der Waals surface area contributed by atoms with Crippen molar-refractivity contribution in [3.05, 3.63) is 35.5 Å². The number of hydrogen-bond acceptors (Lipinski definition) is 3. The molecular weight excluding hydrogens is 392 g/mol. The van der Waals surface area contributed by atoms with Gasteiger partial charge in [0.25, 0.3) is 0 Å². The summed E-state index contributed by atoms with van der Waals surface area (Å²) >= 11 is 0. The quantitative estimate of drug-likeness (QED) is 0.346. The third-order valence-electron chi connectivity index (χ3n) is 7.56. The first-order chi connectivity index (χ1) is 15.7. The molecule has 1 saturated carbocycles. The first-order valence-electron chi connectivity index (χ1n) is 13.2. The molecule has 1 aliphatic carbocycles. The molecule has 0 spiro atoms. The highest BCUT2D eigenvalue weighted by molar-refractivity contribution is 5.86. The Morgan fingerprint density at radius 1 is 1.12 bits per heavy atom. The summed E-state index contributed by atoms with van der Waals surface area (Å²) in [5.41, 5.74) is 9.26. The first-order valence-corrected chi connectivity index (χ1v) is 13.2. The normalized spacial score (nSPS) is 16.8. The predicted molar refractivity (Wildman–Crippen MR) is 136 cm³/mol. The highest BCUT2D eigenvalue weighted by atomic mass is 15.0. The molecule has 0 bridgehead atoms. The van der Waals surface area contributed by atoms with Crippen LogP contribution >= 0.6 is 0 Å². The molecule has 1 aliphatic rings. The topological polar surface area (TPSA) is 66.8 Å². The predicted octanol–water partition coefficient (Wildman–Crippen LogP) is 6.65. The summed E-state index contributed by atoms with van der Waals surface area (Å²) in [5, 5.41) is 14.5. The summed E-state index contributed by atoms with van der Waals surface area (Å²) in [6.45, 7) is 7.39. The number of hydrogen-bond donors (Lipinski definition) is 2. The van der Waals surface area contributed by atoms with Gasteiger partial charge in [-0.2, -0.15) is 5.26 Å². The maximum absolute atomic E-state index is 9.60. The lowest BCUT2D eigenvalue weighted by Gasteiger charge is -2.30. The van der Waals surface area contributed by atoms with Crippen molar-refractivity contribution in [2.45, 2.75) is 96.4 Å². The summed E-state index contributed by atoms with van der Waals surface area (Å²) in [6.07, 6.45) is 16.3. The Balaban J connectivity index is 1.99. The molecule has 3 N–H and O–H groups in total. The number of unbranched alkanes of at least 4 members (excludes halogenated alkanes) is 1. The summed E-state index contributed by atoms with van der Waals surface area (Å²) in [6, 6.07) is 9.28. The number of nitrogens with zero attached hydrogens (tertiary/aromatic N) is 2. The zero-order valence-corrected chi connectivity index (χ0v) is 20.4. The van der Waals surface area contributed by atoms with E-state index in [-0.39, 0.29) is 0 Å². The lowest BCUT2D eigenvalue weighted by Crippen LogP contribution is -2.24. The van der Waals surface area contributed by atoms with E-state index in [1.54, 1.807) is 0 Å². The van der Waals surface area contributed by atoms with Crippen molar-refractivity contribution in [2.75, 3.05) is 19.6 Å². The summed E-state index contributed by atoms with van der Waals surface area (Å²) in [5.74, 6) is 1.31. The first kappa shape index (κ1) is 24.8. The molecule has 176 valence electrons. The average Bonchev–Trinajstić information content (AvgIpc) is 3.21. The van der Waals surface area contributed by atoms with Crippen molar-refractivity contribution >= 4 is 10.9 Å². The van der Waals surface area contributed by atoms with Crippen molar-refractivity contribution in [1.29, 1.82) is 5.26 Å². The van der Waals surface area contributed by atoms with Crippen LogP contribution in [0.5, 0.6) is 0 Å². The number of benzene rings is 1. The molecule has 1 heterocycles. The molecule has 0 radical (unpaired) electrons. The van der Waals surface area contributed by atoms with E-state index < -0.39 is 0 Å². The van der Waals surface area contributed by atoms with Crippen molar-refractivity contribution in [3.63, 3.8) is 0 Å². The molecule has 0 amide bonds. The summed E-state index contributed by atoms with van der Waals surface area (Å²) in [7, 11) is 0. The molecular formula is C28H44N4. The molecule has 32 heavy (non-hydrogen) atoms. The number of fused-ring (bicyclic) bond motifs is 1. The molecule has 0 saturated heterocycles. The van der Waals surface area contributed by atoms with Crippen molar-refractivity contribution in [2.24, 2.45) is 11.7 Å². The monoisotopic (exact) mass is 436 g/mol. The Morgan fingerprint density at radius 3 is 2.62 bits per heavy atom. The van der Waals surface area contributed by atoms with E-state index in [0.717, 1.165) is 50.4 Å². The van der Waals surface area contributed by atoms with Gasteiger partial charge in [-0.25, -0.2) is 0 Å².